The number of benzene rings is 2. The van der Waals surface area contributed by atoms with Crippen LogP contribution in [0.2, 0.25) is 0 Å². The van der Waals surface area contributed by atoms with E-state index in [-0.39, 0.29) is 5.56 Å². The number of nitrogens with zero attached hydrogens (tertiary/aromatic N) is 2. The fraction of sp³-hybridized carbons (Fsp3) is 0.111. The van der Waals surface area contributed by atoms with Crippen molar-refractivity contribution >= 4 is 10.9 Å². The maximum Gasteiger partial charge on any atom is 0.282 e. The highest BCUT2D eigenvalue weighted by molar-refractivity contribution is 5.93. The van der Waals surface area contributed by atoms with Crippen LogP contribution in [0.3, 0.4) is 0 Å². The van der Waals surface area contributed by atoms with Crippen LogP contribution >= 0.6 is 0 Å². The first-order chi connectivity index (χ1) is 11.2. The summed E-state index contributed by atoms with van der Waals surface area (Å²) in [4.78, 5) is 15.9. The van der Waals surface area contributed by atoms with Crippen LogP contribution in [0, 0.1) is 6.92 Å². The minimum absolute atomic E-state index is 0.164. The Kier molecular flexibility index (Phi) is 2.94. The number of nitrogens with one attached hydrogen (secondary N) is 1. The highest BCUT2D eigenvalue weighted by atomic mass is 16.5. The topological polar surface area (TPSA) is 59.9 Å². The molecule has 2 aliphatic heterocycles. The second-order valence-corrected chi connectivity index (χ2v) is 5.49. The molecule has 0 saturated heterocycles. The predicted octanol–water partition coefficient (Wildman–Crippen LogP) is 3.14. The Labute approximate surface area is 132 Å². The van der Waals surface area contributed by atoms with E-state index in [1.165, 1.54) is 4.68 Å². The molecule has 2 aromatic carbocycles. The lowest BCUT2D eigenvalue weighted by atomic mass is 10.1. The highest BCUT2D eigenvalue weighted by Gasteiger charge is 2.20. The van der Waals surface area contributed by atoms with Crippen LogP contribution in [0.25, 0.3) is 27.8 Å². The molecule has 1 N–H and O–H groups in total. The van der Waals surface area contributed by atoms with E-state index in [9.17, 15) is 4.79 Å². The summed E-state index contributed by atoms with van der Waals surface area (Å²) in [6.07, 6.45) is 1.72. The molecule has 0 aliphatic carbocycles. The minimum atomic E-state index is -0.164. The molecule has 0 radical (unpaired) electrons. The van der Waals surface area contributed by atoms with Crippen molar-refractivity contribution < 1.29 is 4.74 Å². The molecule has 0 spiro atoms. The number of para-hydroxylation sites is 2. The van der Waals surface area contributed by atoms with E-state index in [0.717, 1.165) is 16.5 Å². The Bertz CT molecular complexity index is 1050. The third-order valence-electron chi connectivity index (χ3n) is 3.99. The SMILES string of the molecule is COc1ccccc1-n1nc2c3ccc(C)cc3[nH]cc-2c1=O. The maximum absolute atomic E-state index is 12.7. The van der Waals surface area contributed by atoms with Gasteiger partial charge in [0.15, 0.2) is 0 Å². The van der Waals surface area contributed by atoms with E-state index < -0.39 is 0 Å². The number of aryl methyl sites for hydroxylation is 1. The third-order valence-corrected chi connectivity index (χ3v) is 3.99. The lowest BCUT2D eigenvalue weighted by molar-refractivity contribution is 0.411. The average Bonchev–Trinajstić information content (AvgIpc) is 2.91. The van der Waals surface area contributed by atoms with Gasteiger partial charge in [0.25, 0.3) is 5.56 Å². The second kappa shape index (κ2) is 4.98. The Morgan fingerprint density at radius 1 is 1.17 bits per heavy atom. The number of hydrogen-bond donors (Lipinski definition) is 1. The molecule has 2 aliphatic rings. The molecule has 114 valence electrons. The van der Waals surface area contributed by atoms with Crippen LogP contribution in [0.1, 0.15) is 5.56 Å². The fourth-order valence-electron chi connectivity index (χ4n) is 2.85. The van der Waals surface area contributed by atoms with Crippen molar-refractivity contribution in [3.8, 4) is 22.7 Å². The largest absolute Gasteiger partial charge is 0.494 e. The average molecular weight is 305 g/mol. The van der Waals surface area contributed by atoms with Crippen LogP contribution in [-0.2, 0) is 0 Å². The molecule has 5 nitrogen and oxygen atoms in total. The van der Waals surface area contributed by atoms with Gasteiger partial charge in [0, 0.05) is 17.1 Å². The molecule has 0 aromatic heterocycles. The first-order valence-electron chi connectivity index (χ1n) is 7.33. The van der Waals surface area contributed by atoms with Gasteiger partial charge < -0.3 is 9.72 Å². The van der Waals surface area contributed by atoms with Gasteiger partial charge in [0.05, 0.1) is 12.7 Å². The normalized spacial score (nSPS) is 11.2. The lowest BCUT2D eigenvalue weighted by Gasteiger charge is -2.06. The molecule has 2 aromatic rings. The summed E-state index contributed by atoms with van der Waals surface area (Å²) in [6.45, 7) is 2.03. The van der Waals surface area contributed by atoms with Crippen LogP contribution in [0.15, 0.2) is 53.5 Å². The fourth-order valence-corrected chi connectivity index (χ4v) is 2.85. The molecular weight excluding hydrogens is 290 g/mol. The van der Waals surface area contributed by atoms with E-state index >= 15 is 0 Å². The zero-order valence-corrected chi connectivity index (χ0v) is 12.8. The first-order valence-corrected chi connectivity index (χ1v) is 7.33. The Balaban J connectivity index is 2.06. The summed E-state index contributed by atoms with van der Waals surface area (Å²) in [5, 5.41) is 5.48. The Hall–Kier alpha value is -3.08. The first kappa shape index (κ1) is 13.6. The molecule has 0 atom stereocenters. The van der Waals surface area contributed by atoms with Gasteiger partial charge in [0.2, 0.25) is 0 Å². The molecule has 5 heteroatoms. The van der Waals surface area contributed by atoms with Gasteiger partial charge in [-0.2, -0.15) is 9.78 Å². The van der Waals surface area contributed by atoms with Gasteiger partial charge in [-0.1, -0.05) is 24.3 Å². The van der Waals surface area contributed by atoms with Crippen molar-refractivity contribution in [3.63, 3.8) is 0 Å². The Morgan fingerprint density at radius 3 is 2.83 bits per heavy atom. The van der Waals surface area contributed by atoms with E-state index in [2.05, 4.69) is 10.1 Å². The molecule has 0 fully saturated rings. The smallest absolute Gasteiger partial charge is 0.282 e. The zero-order chi connectivity index (χ0) is 16.0. The molecular formula is C18H15N3O2. The molecule has 0 unspecified atom stereocenters. The van der Waals surface area contributed by atoms with Gasteiger partial charge in [-0.25, -0.2) is 0 Å². The van der Waals surface area contributed by atoms with E-state index in [0.29, 0.717) is 22.7 Å². The number of aromatic nitrogens is 3. The van der Waals surface area contributed by atoms with Gasteiger partial charge in [-0.15, -0.1) is 0 Å². The van der Waals surface area contributed by atoms with Crippen molar-refractivity contribution in [2.75, 3.05) is 7.11 Å². The third kappa shape index (κ3) is 2.01. The van der Waals surface area contributed by atoms with E-state index in [4.69, 9.17) is 4.74 Å². The molecule has 0 saturated carbocycles. The Morgan fingerprint density at radius 2 is 2.00 bits per heavy atom. The summed E-state index contributed by atoms with van der Waals surface area (Å²) in [5.41, 5.74) is 3.84. The summed E-state index contributed by atoms with van der Waals surface area (Å²) < 4.78 is 6.75. The van der Waals surface area contributed by atoms with Crippen molar-refractivity contribution in [2.24, 2.45) is 0 Å². The minimum Gasteiger partial charge on any atom is -0.494 e. The zero-order valence-electron chi connectivity index (χ0n) is 12.8. The summed E-state index contributed by atoms with van der Waals surface area (Å²) in [5.74, 6) is 0.613. The van der Waals surface area contributed by atoms with Gasteiger partial charge in [-0.05, 0) is 30.7 Å². The molecule has 0 bridgehead atoms. The summed E-state index contributed by atoms with van der Waals surface area (Å²) in [7, 11) is 1.58. The maximum atomic E-state index is 12.7. The number of rotatable bonds is 2. The number of fused-ring (bicyclic) bond motifs is 3. The van der Waals surface area contributed by atoms with Gasteiger partial charge in [-0.3, -0.25) is 4.79 Å². The molecule has 2 heterocycles. The van der Waals surface area contributed by atoms with Crippen molar-refractivity contribution in [2.45, 2.75) is 6.92 Å². The van der Waals surface area contributed by atoms with Crippen LogP contribution < -0.4 is 10.3 Å². The van der Waals surface area contributed by atoms with Crippen LogP contribution in [0.5, 0.6) is 5.75 Å². The molecule has 0 amide bonds. The van der Waals surface area contributed by atoms with Crippen LogP contribution in [-0.4, -0.2) is 21.9 Å². The summed E-state index contributed by atoms with van der Waals surface area (Å²) >= 11 is 0. The van der Waals surface area contributed by atoms with Crippen molar-refractivity contribution in [1.82, 2.24) is 14.8 Å². The highest BCUT2D eigenvalue weighted by Crippen LogP contribution is 2.28. The standard InChI is InChI=1S/C18H15N3O2/c1-11-7-8-12-14(9-11)19-10-13-17(12)20-21(18(13)22)15-5-3-4-6-16(15)23-2/h3-10,19H,1-2H3. The second-order valence-electron chi connectivity index (χ2n) is 5.49. The number of pyridine rings is 1. The van der Waals surface area contributed by atoms with E-state index in [1.54, 1.807) is 13.3 Å². The van der Waals surface area contributed by atoms with E-state index in [1.807, 2.05) is 49.4 Å². The number of ether oxygens (including phenoxy) is 1. The van der Waals surface area contributed by atoms with Crippen LogP contribution in [0.4, 0.5) is 0 Å². The molecule has 23 heavy (non-hydrogen) atoms. The lowest BCUT2D eigenvalue weighted by Crippen LogP contribution is -2.15. The monoisotopic (exact) mass is 305 g/mol. The predicted molar refractivity (Wildman–Crippen MR) is 89.6 cm³/mol. The van der Waals surface area contributed by atoms with Crippen molar-refractivity contribution in [1.29, 1.82) is 0 Å². The quantitative estimate of drug-likeness (QED) is 0.619. The number of hydrogen-bond acceptors (Lipinski definition) is 3. The number of H-pyrrole nitrogens is 1. The van der Waals surface area contributed by atoms with Crippen molar-refractivity contribution in [3.05, 3.63) is 64.6 Å². The van der Waals surface area contributed by atoms with Gasteiger partial charge in [0.1, 0.15) is 17.1 Å². The molecule has 4 rings (SSSR count). The van der Waals surface area contributed by atoms with Gasteiger partial charge >= 0.3 is 0 Å². The number of methoxy groups -OCH3 is 1. The summed E-state index contributed by atoms with van der Waals surface area (Å²) in [6, 6.07) is 13.4. The number of aromatic amines is 1.